The molecule has 1 nitrogen and oxygen atoms in total. The van der Waals surface area contributed by atoms with E-state index >= 15 is 0 Å². The Morgan fingerprint density at radius 3 is 2.85 bits per heavy atom. The van der Waals surface area contributed by atoms with E-state index in [9.17, 15) is 0 Å². The summed E-state index contributed by atoms with van der Waals surface area (Å²) in [6.45, 7) is 3.56. The molecule has 1 unspecified atom stereocenters. The minimum absolute atomic E-state index is 0.411. The first-order chi connectivity index (χ1) is 6.25. The van der Waals surface area contributed by atoms with Gasteiger partial charge < -0.3 is 0 Å². The number of rotatable bonds is 3. The summed E-state index contributed by atoms with van der Waals surface area (Å²) in [7, 11) is 0. The highest BCUT2D eigenvalue weighted by Crippen LogP contribution is 2.27. The average Bonchev–Trinajstić information content (AvgIpc) is 2.88. The minimum Gasteiger partial charge on any atom is -0.299 e. The Hall–Kier alpha value is -0.0500. The van der Waals surface area contributed by atoms with Crippen LogP contribution >= 0.6 is 27.5 Å². The number of hydrogen-bond acceptors (Lipinski definition) is 1. The van der Waals surface area contributed by atoms with Crippen molar-refractivity contribution in [2.45, 2.75) is 4.83 Å². The Morgan fingerprint density at radius 2 is 2.23 bits per heavy atom. The predicted molar refractivity (Wildman–Crippen MR) is 59.6 cm³/mol. The van der Waals surface area contributed by atoms with Crippen molar-refractivity contribution in [3.8, 4) is 0 Å². The zero-order valence-electron chi connectivity index (χ0n) is 7.21. The van der Waals surface area contributed by atoms with Gasteiger partial charge in [0.2, 0.25) is 0 Å². The lowest BCUT2D eigenvalue weighted by molar-refractivity contribution is 0.558. The molecule has 0 radical (unpaired) electrons. The molecule has 1 aromatic rings. The van der Waals surface area contributed by atoms with Gasteiger partial charge >= 0.3 is 0 Å². The lowest BCUT2D eigenvalue weighted by Gasteiger charge is -2.10. The topological polar surface area (TPSA) is 3.01 Å². The quantitative estimate of drug-likeness (QED) is 0.596. The molecule has 0 aliphatic carbocycles. The second-order valence-electron chi connectivity index (χ2n) is 3.32. The van der Waals surface area contributed by atoms with Gasteiger partial charge in [-0.1, -0.05) is 39.7 Å². The Balaban J connectivity index is 2.04. The molecular formula is C10H11BrClN. The molecule has 0 amide bonds. The number of alkyl halides is 1. The molecule has 1 heterocycles. The van der Waals surface area contributed by atoms with Crippen molar-refractivity contribution in [3.63, 3.8) is 0 Å². The van der Waals surface area contributed by atoms with E-state index in [1.807, 2.05) is 18.2 Å². The Kier molecular flexibility index (Phi) is 2.92. The standard InChI is InChI=1S/C10H11BrClN/c11-10(7-13-4-5-13)8-2-1-3-9(12)6-8/h1-3,6,10H,4-5,7H2. The van der Waals surface area contributed by atoms with Crippen molar-refractivity contribution in [2.75, 3.05) is 19.6 Å². The first-order valence-corrected chi connectivity index (χ1v) is 5.67. The average molecular weight is 261 g/mol. The molecule has 0 N–H and O–H groups in total. The van der Waals surface area contributed by atoms with Gasteiger partial charge in [0.05, 0.1) is 4.83 Å². The van der Waals surface area contributed by atoms with E-state index in [1.165, 1.54) is 18.7 Å². The van der Waals surface area contributed by atoms with Crippen molar-refractivity contribution in [1.82, 2.24) is 4.90 Å². The normalized spacial score (nSPS) is 18.6. The zero-order valence-corrected chi connectivity index (χ0v) is 9.55. The van der Waals surface area contributed by atoms with E-state index < -0.39 is 0 Å². The van der Waals surface area contributed by atoms with Crippen LogP contribution in [-0.2, 0) is 0 Å². The van der Waals surface area contributed by atoms with Crippen molar-refractivity contribution < 1.29 is 0 Å². The van der Waals surface area contributed by atoms with Crippen LogP contribution < -0.4 is 0 Å². The highest BCUT2D eigenvalue weighted by Gasteiger charge is 2.21. The van der Waals surface area contributed by atoms with Crippen LogP contribution in [0.4, 0.5) is 0 Å². The Bertz CT molecular complexity index is 299. The molecule has 3 heteroatoms. The van der Waals surface area contributed by atoms with Gasteiger partial charge in [-0.15, -0.1) is 0 Å². The third kappa shape index (κ3) is 2.70. The van der Waals surface area contributed by atoms with Crippen LogP contribution in [0.5, 0.6) is 0 Å². The van der Waals surface area contributed by atoms with E-state index in [-0.39, 0.29) is 0 Å². The molecule has 0 spiro atoms. The molecule has 70 valence electrons. The second-order valence-corrected chi connectivity index (χ2v) is 4.86. The molecule has 2 rings (SSSR count). The van der Waals surface area contributed by atoms with Crippen molar-refractivity contribution in [3.05, 3.63) is 34.9 Å². The van der Waals surface area contributed by atoms with E-state index in [0.717, 1.165) is 11.6 Å². The lowest BCUT2D eigenvalue weighted by atomic mass is 10.1. The number of halogens is 2. The third-order valence-electron chi connectivity index (χ3n) is 2.17. The van der Waals surface area contributed by atoms with E-state index in [4.69, 9.17) is 11.6 Å². The minimum atomic E-state index is 0.411. The number of nitrogens with zero attached hydrogens (tertiary/aromatic N) is 1. The molecular weight excluding hydrogens is 249 g/mol. The van der Waals surface area contributed by atoms with Crippen LogP contribution in [0.2, 0.25) is 5.02 Å². The van der Waals surface area contributed by atoms with Crippen LogP contribution in [0.1, 0.15) is 10.4 Å². The molecule has 1 aliphatic rings. The first-order valence-electron chi connectivity index (χ1n) is 4.37. The predicted octanol–water partition coefficient (Wildman–Crippen LogP) is 3.09. The first kappa shape index (κ1) is 9.50. The molecule has 0 bridgehead atoms. The highest BCUT2D eigenvalue weighted by atomic mass is 79.9. The Labute approximate surface area is 91.8 Å². The van der Waals surface area contributed by atoms with Crippen molar-refractivity contribution in [2.24, 2.45) is 0 Å². The summed E-state index contributed by atoms with van der Waals surface area (Å²) in [6.07, 6.45) is 0. The Morgan fingerprint density at radius 1 is 1.46 bits per heavy atom. The SMILES string of the molecule is Clc1cccc(C(Br)CN2CC2)c1. The van der Waals surface area contributed by atoms with Crippen LogP contribution in [-0.4, -0.2) is 24.5 Å². The van der Waals surface area contributed by atoms with Crippen LogP contribution in [0.3, 0.4) is 0 Å². The molecule has 1 atom stereocenters. The maximum absolute atomic E-state index is 5.91. The van der Waals surface area contributed by atoms with Gasteiger partial charge in [-0.2, -0.15) is 0 Å². The summed E-state index contributed by atoms with van der Waals surface area (Å²) in [5.41, 5.74) is 1.26. The zero-order chi connectivity index (χ0) is 9.26. The van der Waals surface area contributed by atoms with Crippen LogP contribution in [0.15, 0.2) is 24.3 Å². The van der Waals surface area contributed by atoms with Gasteiger partial charge in [-0.3, -0.25) is 4.90 Å². The maximum atomic E-state index is 5.91. The molecule has 0 aromatic heterocycles. The van der Waals surface area contributed by atoms with E-state index in [1.54, 1.807) is 0 Å². The van der Waals surface area contributed by atoms with Crippen LogP contribution in [0, 0.1) is 0 Å². The van der Waals surface area contributed by atoms with Crippen molar-refractivity contribution in [1.29, 1.82) is 0 Å². The molecule has 1 fully saturated rings. The summed E-state index contributed by atoms with van der Waals surface area (Å²) in [5.74, 6) is 0. The summed E-state index contributed by atoms with van der Waals surface area (Å²) in [5, 5.41) is 0.813. The molecule has 1 aromatic carbocycles. The van der Waals surface area contributed by atoms with Gasteiger partial charge in [0.15, 0.2) is 0 Å². The fraction of sp³-hybridized carbons (Fsp3) is 0.400. The highest BCUT2D eigenvalue weighted by molar-refractivity contribution is 9.09. The summed E-state index contributed by atoms with van der Waals surface area (Å²) in [4.78, 5) is 2.80. The van der Waals surface area contributed by atoms with Crippen LogP contribution in [0.25, 0.3) is 0 Å². The summed E-state index contributed by atoms with van der Waals surface area (Å²) in [6, 6.07) is 8.02. The molecule has 0 saturated carbocycles. The van der Waals surface area contributed by atoms with E-state index in [2.05, 4.69) is 26.9 Å². The maximum Gasteiger partial charge on any atom is 0.0522 e. The lowest BCUT2D eigenvalue weighted by Crippen LogP contribution is -2.05. The molecule has 13 heavy (non-hydrogen) atoms. The fourth-order valence-electron chi connectivity index (χ4n) is 1.29. The third-order valence-corrected chi connectivity index (χ3v) is 3.22. The number of hydrogen-bond donors (Lipinski definition) is 0. The van der Waals surface area contributed by atoms with Gasteiger partial charge in [0.1, 0.15) is 0 Å². The smallest absolute Gasteiger partial charge is 0.0522 e. The van der Waals surface area contributed by atoms with Crippen molar-refractivity contribution >= 4 is 27.5 Å². The van der Waals surface area contributed by atoms with Gasteiger partial charge in [-0.05, 0) is 17.7 Å². The van der Waals surface area contributed by atoms with Gasteiger partial charge in [0.25, 0.3) is 0 Å². The summed E-state index contributed by atoms with van der Waals surface area (Å²) >= 11 is 9.57. The van der Waals surface area contributed by atoms with Gasteiger partial charge in [-0.25, -0.2) is 0 Å². The summed E-state index contributed by atoms with van der Waals surface area (Å²) < 4.78 is 0. The fourth-order valence-corrected chi connectivity index (χ4v) is 2.18. The largest absolute Gasteiger partial charge is 0.299 e. The van der Waals surface area contributed by atoms with Gasteiger partial charge in [0, 0.05) is 24.7 Å². The number of benzene rings is 1. The monoisotopic (exact) mass is 259 g/mol. The van der Waals surface area contributed by atoms with E-state index in [0.29, 0.717) is 4.83 Å². The molecule has 1 aliphatic heterocycles. The second kappa shape index (κ2) is 3.99. The molecule has 1 saturated heterocycles.